The van der Waals surface area contributed by atoms with Crippen LogP contribution in [0.1, 0.15) is 34.8 Å². The Hall–Kier alpha value is -3.40. The molecule has 0 N–H and O–H groups in total. The normalized spacial score (nSPS) is 15.1. The fraction of sp³-hybridized carbons (Fsp3) is 0.130. The number of hydrogen-bond acceptors (Lipinski definition) is 3. The number of hydrogen-bond donors (Lipinski definition) is 0. The summed E-state index contributed by atoms with van der Waals surface area (Å²) < 4.78 is 5.39. The molecule has 0 spiro atoms. The lowest BCUT2D eigenvalue weighted by molar-refractivity contribution is 0.0635. The van der Waals surface area contributed by atoms with Gasteiger partial charge in [0.15, 0.2) is 5.75 Å². The molecule has 4 heteroatoms. The minimum absolute atomic E-state index is 0.00920. The smallest absolute Gasteiger partial charge is 0.343 e. The summed E-state index contributed by atoms with van der Waals surface area (Å²) in [6, 6.07) is 13.0. The van der Waals surface area contributed by atoms with E-state index in [1.54, 1.807) is 36.6 Å². The highest BCUT2D eigenvalue weighted by Crippen LogP contribution is 2.23. The summed E-state index contributed by atoms with van der Waals surface area (Å²) in [5, 5.41) is 11.2. The Bertz CT molecular complexity index is 929. The highest BCUT2D eigenvalue weighted by Gasteiger charge is 2.12. The van der Waals surface area contributed by atoms with Crippen LogP contribution in [0.5, 0.6) is 5.75 Å². The minimum atomic E-state index is -0.467. The van der Waals surface area contributed by atoms with E-state index < -0.39 is 5.97 Å². The van der Waals surface area contributed by atoms with Gasteiger partial charge < -0.3 is 4.74 Å². The molecule has 1 aliphatic rings. The molecule has 2 radical (unpaired) electrons. The first kappa shape index (κ1) is 18.4. The summed E-state index contributed by atoms with van der Waals surface area (Å²) in [5.74, 6) is 0.0402. The predicted octanol–water partition coefficient (Wildman–Crippen LogP) is 4.85. The van der Waals surface area contributed by atoms with Crippen molar-refractivity contribution in [2.75, 3.05) is 0 Å². The van der Waals surface area contributed by atoms with Gasteiger partial charge >= 0.3 is 5.97 Å². The molecule has 3 rings (SSSR count). The lowest BCUT2D eigenvalue weighted by Crippen LogP contribution is -2.06. The topological polar surface area (TPSA) is 63.3 Å². The Balaban J connectivity index is 1.62. The molecule has 0 fully saturated rings. The second kappa shape index (κ2) is 8.32. The highest BCUT2D eigenvalue weighted by atomic mass is 16.5. The summed E-state index contributed by atoms with van der Waals surface area (Å²) in [6.07, 6.45) is 8.79. The first-order valence-corrected chi connectivity index (χ1v) is 8.58. The van der Waals surface area contributed by atoms with Gasteiger partial charge in [0.25, 0.3) is 0 Å². The zero-order valence-electron chi connectivity index (χ0n) is 14.9. The molecule has 0 heterocycles. The first-order valence-electron chi connectivity index (χ1n) is 8.58. The molecular formula is C23H18O4. The molecule has 0 amide bonds. The van der Waals surface area contributed by atoms with Crippen molar-refractivity contribution < 1.29 is 19.4 Å². The lowest BCUT2D eigenvalue weighted by Gasteiger charge is -2.13. The van der Waals surface area contributed by atoms with Crippen molar-refractivity contribution in [1.29, 1.82) is 0 Å². The molecule has 0 bridgehead atoms. The van der Waals surface area contributed by atoms with Crippen LogP contribution in [0.25, 0.3) is 0 Å². The van der Waals surface area contributed by atoms with Gasteiger partial charge in [0.2, 0.25) is 6.29 Å². The number of ether oxygens (including phenoxy) is 1. The van der Waals surface area contributed by atoms with Crippen molar-refractivity contribution in [2.45, 2.75) is 19.8 Å². The van der Waals surface area contributed by atoms with Gasteiger partial charge in [-0.2, -0.15) is 0 Å². The van der Waals surface area contributed by atoms with Gasteiger partial charge in [-0.1, -0.05) is 35.9 Å². The van der Waals surface area contributed by atoms with Crippen molar-refractivity contribution in [2.24, 2.45) is 0 Å². The molecule has 0 saturated carbocycles. The van der Waals surface area contributed by atoms with Crippen molar-refractivity contribution in [3.05, 3.63) is 100 Å². The van der Waals surface area contributed by atoms with E-state index in [4.69, 9.17) is 4.74 Å². The van der Waals surface area contributed by atoms with E-state index in [1.807, 2.05) is 24.3 Å². The number of benzene rings is 2. The summed E-state index contributed by atoms with van der Waals surface area (Å²) in [6.45, 7) is 2.06. The molecule has 2 aromatic rings. The van der Waals surface area contributed by atoms with Gasteiger partial charge in [0.1, 0.15) is 5.76 Å². The summed E-state index contributed by atoms with van der Waals surface area (Å²) in [7, 11) is 0. The van der Waals surface area contributed by atoms with Crippen molar-refractivity contribution >= 4 is 12.3 Å². The fourth-order valence-corrected chi connectivity index (χ4v) is 2.79. The molecule has 0 saturated heterocycles. The van der Waals surface area contributed by atoms with Gasteiger partial charge in [-0.3, -0.25) is 9.90 Å². The van der Waals surface area contributed by atoms with E-state index in [0.717, 1.165) is 17.6 Å². The Kier molecular flexibility index (Phi) is 5.67. The third-order valence-electron chi connectivity index (χ3n) is 4.36. The zero-order valence-corrected chi connectivity index (χ0v) is 14.9. The van der Waals surface area contributed by atoms with Gasteiger partial charge in [-0.15, -0.1) is 0 Å². The summed E-state index contributed by atoms with van der Waals surface area (Å²) in [5.41, 5.74) is 4.21. The largest absolute Gasteiger partial charge is 0.423 e. The van der Waals surface area contributed by atoms with Crippen molar-refractivity contribution in [3.8, 4) is 5.75 Å². The fourth-order valence-electron chi connectivity index (χ4n) is 2.79. The van der Waals surface area contributed by atoms with Crippen molar-refractivity contribution in [3.63, 3.8) is 0 Å². The molecule has 0 unspecified atom stereocenters. The number of carbonyl (C=O) groups excluding carboxylic acids is 2. The third kappa shape index (κ3) is 4.82. The van der Waals surface area contributed by atoms with Gasteiger partial charge in [-0.05, 0) is 67.3 Å². The van der Waals surface area contributed by atoms with E-state index in [1.165, 1.54) is 17.7 Å². The van der Waals surface area contributed by atoms with Crippen LogP contribution in [0, 0.1) is 0 Å². The molecule has 0 atom stereocenters. The Labute approximate surface area is 158 Å². The molecule has 0 aliphatic heterocycles. The van der Waals surface area contributed by atoms with Crippen LogP contribution in [-0.2, 0) is 21.1 Å². The average molecular weight is 358 g/mol. The van der Waals surface area contributed by atoms with E-state index in [9.17, 15) is 14.7 Å². The second-order valence-corrected chi connectivity index (χ2v) is 6.34. The molecular weight excluding hydrogens is 340 g/mol. The standard InChI is InChI=1S/C23H18O4/c1-16(14-17-4-10-21(25)11-5-17)19-8-12-22(13-9-19)27-23(26)20-6-2-18(15-24)3-7-20/h2-8,10-13H,9,14H2,1H3. The number of esters is 1. The van der Waals surface area contributed by atoms with E-state index in [-0.39, 0.29) is 5.75 Å². The molecule has 0 aromatic heterocycles. The molecule has 2 aromatic carbocycles. The van der Waals surface area contributed by atoms with Crippen LogP contribution in [0.2, 0.25) is 0 Å². The maximum absolute atomic E-state index is 12.2. The van der Waals surface area contributed by atoms with Crippen LogP contribution in [0.15, 0.2) is 83.7 Å². The average Bonchev–Trinajstić information content (AvgIpc) is 2.70. The van der Waals surface area contributed by atoms with Gasteiger partial charge in [-0.25, -0.2) is 4.79 Å². The van der Waals surface area contributed by atoms with Gasteiger partial charge in [0, 0.05) is 5.56 Å². The van der Waals surface area contributed by atoms with Crippen molar-refractivity contribution in [1.82, 2.24) is 0 Å². The Morgan fingerprint density at radius 2 is 1.74 bits per heavy atom. The number of carbonyl (C=O) groups is 1. The van der Waals surface area contributed by atoms with Crippen LogP contribution >= 0.6 is 0 Å². The molecule has 4 nitrogen and oxygen atoms in total. The highest BCUT2D eigenvalue weighted by molar-refractivity contribution is 5.91. The maximum atomic E-state index is 12.2. The summed E-state index contributed by atoms with van der Waals surface area (Å²) >= 11 is 0. The van der Waals surface area contributed by atoms with E-state index >= 15 is 0 Å². The Morgan fingerprint density at radius 1 is 1.04 bits per heavy atom. The van der Waals surface area contributed by atoms with E-state index in [0.29, 0.717) is 23.3 Å². The quantitative estimate of drug-likeness (QED) is 0.718. The van der Waals surface area contributed by atoms with Crippen LogP contribution in [0.3, 0.4) is 0 Å². The molecule has 1 aliphatic carbocycles. The number of rotatable bonds is 5. The monoisotopic (exact) mass is 358 g/mol. The lowest BCUT2D eigenvalue weighted by atomic mass is 9.96. The molecule has 27 heavy (non-hydrogen) atoms. The first-order chi connectivity index (χ1) is 13.0. The van der Waals surface area contributed by atoms with Crippen LogP contribution in [0.4, 0.5) is 0 Å². The molecule has 134 valence electrons. The Morgan fingerprint density at radius 3 is 2.33 bits per heavy atom. The second-order valence-electron chi connectivity index (χ2n) is 6.34. The van der Waals surface area contributed by atoms with Crippen LogP contribution < -0.4 is 0 Å². The summed E-state index contributed by atoms with van der Waals surface area (Å²) in [4.78, 5) is 22.7. The predicted molar refractivity (Wildman–Crippen MR) is 101 cm³/mol. The SMILES string of the molecule is CC(Cc1ccc([O])cc1)=C1C=CC(OC(=O)c2ccc([C]=O)cc2)=CC1. The van der Waals surface area contributed by atoms with Gasteiger partial charge in [0.05, 0.1) is 5.56 Å². The third-order valence-corrected chi connectivity index (χ3v) is 4.36. The maximum Gasteiger partial charge on any atom is 0.343 e. The zero-order chi connectivity index (χ0) is 19.2. The van der Waals surface area contributed by atoms with E-state index in [2.05, 4.69) is 6.92 Å². The minimum Gasteiger partial charge on any atom is -0.423 e. The van der Waals surface area contributed by atoms with Crippen LogP contribution in [-0.4, -0.2) is 12.3 Å². The number of allylic oxidation sites excluding steroid dienone is 5.